The van der Waals surface area contributed by atoms with Gasteiger partial charge in [-0.1, -0.05) is 19.3 Å². The molecule has 162 valence electrons. The second-order valence-corrected chi connectivity index (χ2v) is 9.63. The largest absolute Gasteiger partial charge is 0.339 e. The number of hydrogen-bond acceptors (Lipinski definition) is 4. The predicted octanol–water partition coefficient (Wildman–Crippen LogP) is 2.45. The minimum absolute atomic E-state index is 0.0836. The van der Waals surface area contributed by atoms with E-state index in [-0.39, 0.29) is 25.5 Å². The molecule has 1 aliphatic heterocycles. The molecule has 29 heavy (non-hydrogen) atoms. The molecule has 1 saturated carbocycles. The maximum absolute atomic E-state index is 13.9. The van der Waals surface area contributed by atoms with Gasteiger partial charge < -0.3 is 4.90 Å². The number of benzene rings is 1. The monoisotopic (exact) mass is 429 g/mol. The van der Waals surface area contributed by atoms with E-state index >= 15 is 0 Å². The molecule has 0 aromatic heterocycles. The fourth-order valence-electron chi connectivity index (χ4n) is 4.26. The summed E-state index contributed by atoms with van der Waals surface area (Å²) >= 11 is 0. The van der Waals surface area contributed by atoms with Crippen LogP contribution in [0.15, 0.2) is 23.1 Å². The van der Waals surface area contributed by atoms with Crippen LogP contribution in [0, 0.1) is 11.6 Å². The van der Waals surface area contributed by atoms with E-state index in [0.717, 1.165) is 37.8 Å². The molecule has 1 aromatic carbocycles. The Balaban J connectivity index is 1.57. The zero-order valence-corrected chi connectivity index (χ0v) is 17.6. The SMILES string of the molecule is CCN(C(=O)CN1CCN(S(=O)(=O)c2ccc(F)cc2F)CC1)C1CCCCC1. The van der Waals surface area contributed by atoms with E-state index in [4.69, 9.17) is 0 Å². The number of carbonyl (C=O) groups is 1. The first-order valence-electron chi connectivity index (χ1n) is 10.3. The van der Waals surface area contributed by atoms with E-state index in [1.165, 1.54) is 10.7 Å². The van der Waals surface area contributed by atoms with Crippen molar-refractivity contribution in [1.29, 1.82) is 0 Å². The van der Waals surface area contributed by atoms with Crippen molar-refractivity contribution in [3.63, 3.8) is 0 Å². The molecular weight excluding hydrogens is 400 g/mol. The Hall–Kier alpha value is -1.58. The van der Waals surface area contributed by atoms with Crippen LogP contribution in [0.5, 0.6) is 0 Å². The minimum Gasteiger partial charge on any atom is -0.339 e. The summed E-state index contributed by atoms with van der Waals surface area (Å²) in [5, 5.41) is 0. The number of carbonyl (C=O) groups excluding carboxylic acids is 1. The highest BCUT2D eigenvalue weighted by Gasteiger charge is 2.32. The summed E-state index contributed by atoms with van der Waals surface area (Å²) in [5.41, 5.74) is 0. The van der Waals surface area contributed by atoms with Crippen LogP contribution in [-0.4, -0.2) is 73.7 Å². The molecular formula is C20H29F2N3O3S. The van der Waals surface area contributed by atoms with Crippen LogP contribution in [0.4, 0.5) is 8.78 Å². The molecule has 1 aromatic rings. The van der Waals surface area contributed by atoms with Crippen LogP contribution in [0.25, 0.3) is 0 Å². The smallest absolute Gasteiger partial charge is 0.246 e. The Labute approximate surface area is 171 Å². The number of hydrogen-bond donors (Lipinski definition) is 0. The molecule has 1 heterocycles. The molecule has 3 rings (SSSR count). The standard InChI is InChI=1S/C20H29F2N3O3S/c1-2-25(17-6-4-3-5-7-17)20(26)15-23-10-12-24(13-11-23)29(27,28)19-9-8-16(21)14-18(19)22/h8-9,14,17H,2-7,10-13,15H2,1H3. The molecule has 0 atom stereocenters. The predicted molar refractivity (Wildman–Crippen MR) is 106 cm³/mol. The van der Waals surface area contributed by atoms with Gasteiger partial charge in [0.15, 0.2) is 0 Å². The number of rotatable bonds is 6. The summed E-state index contributed by atoms with van der Waals surface area (Å²) in [5.74, 6) is -1.82. The van der Waals surface area contributed by atoms with Gasteiger partial charge in [0.2, 0.25) is 15.9 Å². The van der Waals surface area contributed by atoms with Gasteiger partial charge in [0.1, 0.15) is 16.5 Å². The van der Waals surface area contributed by atoms with Crippen molar-refractivity contribution in [2.75, 3.05) is 39.3 Å². The number of sulfonamides is 1. The first-order valence-corrected chi connectivity index (χ1v) is 11.7. The quantitative estimate of drug-likeness (QED) is 0.697. The van der Waals surface area contributed by atoms with Gasteiger partial charge in [0.05, 0.1) is 6.54 Å². The van der Waals surface area contributed by atoms with E-state index in [1.807, 2.05) is 16.7 Å². The lowest BCUT2D eigenvalue weighted by Crippen LogP contribution is -2.52. The normalized spacial score (nSPS) is 20.0. The Kier molecular flexibility index (Phi) is 7.23. The molecule has 0 N–H and O–H groups in total. The molecule has 9 heteroatoms. The van der Waals surface area contributed by atoms with Crippen LogP contribution in [-0.2, 0) is 14.8 Å². The van der Waals surface area contributed by atoms with Crippen LogP contribution >= 0.6 is 0 Å². The molecule has 0 radical (unpaired) electrons. The lowest BCUT2D eigenvalue weighted by atomic mass is 9.94. The Bertz CT molecular complexity index is 820. The summed E-state index contributed by atoms with van der Waals surface area (Å²) in [7, 11) is -4.03. The van der Waals surface area contributed by atoms with Crippen LogP contribution in [0.3, 0.4) is 0 Å². The van der Waals surface area contributed by atoms with Gasteiger partial charge in [0, 0.05) is 44.8 Å². The van der Waals surface area contributed by atoms with E-state index < -0.39 is 26.6 Å². The van der Waals surface area contributed by atoms with E-state index in [2.05, 4.69) is 0 Å². The summed E-state index contributed by atoms with van der Waals surface area (Å²) < 4.78 is 53.6. The van der Waals surface area contributed by atoms with Crippen molar-refractivity contribution in [3.05, 3.63) is 29.8 Å². The van der Waals surface area contributed by atoms with Crippen molar-refractivity contribution in [2.45, 2.75) is 50.0 Å². The lowest BCUT2D eigenvalue weighted by molar-refractivity contribution is -0.135. The molecule has 2 aliphatic rings. The zero-order valence-electron chi connectivity index (χ0n) is 16.8. The fourth-order valence-corrected chi connectivity index (χ4v) is 5.73. The summed E-state index contributed by atoms with van der Waals surface area (Å²) in [6.45, 7) is 4.08. The van der Waals surface area contributed by atoms with E-state index in [1.54, 1.807) is 0 Å². The Morgan fingerprint density at radius 2 is 1.76 bits per heavy atom. The highest BCUT2D eigenvalue weighted by atomic mass is 32.2. The number of halogens is 2. The number of piperazine rings is 1. The molecule has 6 nitrogen and oxygen atoms in total. The van der Waals surface area contributed by atoms with Gasteiger partial charge >= 0.3 is 0 Å². The molecule has 2 fully saturated rings. The molecule has 1 aliphatic carbocycles. The van der Waals surface area contributed by atoms with Crippen LogP contribution in [0.2, 0.25) is 0 Å². The van der Waals surface area contributed by atoms with Crippen LogP contribution < -0.4 is 0 Å². The Morgan fingerprint density at radius 1 is 1.10 bits per heavy atom. The van der Waals surface area contributed by atoms with E-state index in [9.17, 15) is 22.0 Å². The average molecular weight is 430 g/mol. The minimum atomic E-state index is -4.03. The molecule has 0 spiro atoms. The van der Waals surface area contributed by atoms with Gasteiger partial charge in [-0.15, -0.1) is 0 Å². The number of nitrogens with zero attached hydrogens (tertiary/aromatic N) is 3. The summed E-state index contributed by atoms with van der Waals surface area (Å²) in [6, 6.07) is 2.78. The van der Waals surface area contributed by atoms with Gasteiger partial charge in [-0.2, -0.15) is 4.31 Å². The number of likely N-dealkylation sites (N-methyl/N-ethyl adjacent to an activating group) is 1. The first kappa shape index (κ1) is 22.1. The van der Waals surface area contributed by atoms with Gasteiger partial charge in [-0.25, -0.2) is 17.2 Å². The average Bonchev–Trinajstić information content (AvgIpc) is 2.69. The zero-order chi connectivity index (χ0) is 21.0. The van der Waals surface area contributed by atoms with Gasteiger partial charge in [-0.05, 0) is 31.9 Å². The van der Waals surface area contributed by atoms with Crippen molar-refractivity contribution in [2.24, 2.45) is 0 Å². The highest BCUT2D eigenvalue weighted by molar-refractivity contribution is 7.89. The van der Waals surface area contributed by atoms with Crippen LogP contribution in [0.1, 0.15) is 39.0 Å². The Morgan fingerprint density at radius 3 is 2.34 bits per heavy atom. The van der Waals surface area contributed by atoms with E-state index in [0.29, 0.717) is 31.7 Å². The van der Waals surface area contributed by atoms with Crippen molar-refractivity contribution < 1.29 is 22.0 Å². The fraction of sp³-hybridized carbons (Fsp3) is 0.650. The molecule has 0 bridgehead atoms. The summed E-state index contributed by atoms with van der Waals surface area (Å²) in [4.78, 5) is 16.2. The second-order valence-electron chi connectivity index (χ2n) is 7.73. The molecule has 1 saturated heterocycles. The van der Waals surface area contributed by atoms with Crippen molar-refractivity contribution in [3.8, 4) is 0 Å². The van der Waals surface area contributed by atoms with Gasteiger partial charge in [0.25, 0.3) is 0 Å². The third-order valence-corrected chi connectivity index (χ3v) is 7.81. The third-order valence-electron chi connectivity index (χ3n) is 5.88. The lowest BCUT2D eigenvalue weighted by Gasteiger charge is -2.37. The maximum Gasteiger partial charge on any atom is 0.246 e. The maximum atomic E-state index is 13.9. The number of amides is 1. The van der Waals surface area contributed by atoms with Gasteiger partial charge in [-0.3, -0.25) is 9.69 Å². The van der Waals surface area contributed by atoms with Crippen molar-refractivity contribution in [1.82, 2.24) is 14.1 Å². The second kappa shape index (κ2) is 9.49. The molecule has 1 amide bonds. The summed E-state index contributed by atoms with van der Waals surface area (Å²) in [6.07, 6.45) is 5.65. The van der Waals surface area contributed by atoms with Crippen molar-refractivity contribution >= 4 is 15.9 Å². The topological polar surface area (TPSA) is 60.9 Å². The molecule has 0 unspecified atom stereocenters. The first-order chi connectivity index (χ1) is 13.8. The highest BCUT2D eigenvalue weighted by Crippen LogP contribution is 2.24. The third kappa shape index (κ3) is 5.13.